The predicted molar refractivity (Wildman–Crippen MR) is 115 cm³/mol. The van der Waals surface area contributed by atoms with Gasteiger partial charge in [-0.05, 0) is 48.9 Å². The van der Waals surface area contributed by atoms with Crippen molar-refractivity contribution in [2.24, 2.45) is 0 Å². The molecule has 11 heteroatoms. The van der Waals surface area contributed by atoms with Gasteiger partial charge in [-0.15, -0.1) is 0 Å². The smallest absolute Gasteiger partial charge is 0.255 e. The Morgan fingerprint density at radius 3 is 2.58 bits per heavy atom. The number of nitrogens with zero attached hydrogens (tertiary/aromatic N) is 4. The van der Waals surface area contributed by atoms with Gasteiger partial charge in [-0.2, -0.15) is 10.1 Å². The van der Waals surface area contributed by atoms with Crippen LogP contribution in [0.2, 0.25) is 0 Å². The van der Waals surface area contributed by atoms with Gasteiger partial charge in [0.15, 0.2) is 5.82 Å². The van der Waals surface area contributed by atoms with E-state index in [1.54, 1.807) is 12.1 Å². The third-order valence-electron chi connectivity index (χ3n) is 4.81. The van der Waals surface area contributed by atoms with Crippen LogP contribution in [0, 0.1) is 5.82 Å². The molecule has 2 aromatic heterocycles. The van der Waals surface area contributed by atoms with Crippen molar-refractivity contribution < 1.29 is 18.5 Å². The van der Waals surface area contributed by atoms with E-state index < -0.39 is 5.82 Å². The van der Waals surface area contributed by atoms with E-state index in [9.17, 15) is 14.0 Å². The number of halogens is 1. The molecule has 2 amide bonds. The van der Waals surface area contributed by atoms with Crippen molar-refractivity contribution >= 4 is 17.5 Å². The molecule has 2 heterocycles. The van der Waals surface area contributed by atoms with Gasteiger partial charge < -0.3 is 15.2 Å². The molecule has 4 rings (SSSR count). The lowest BCUT2D eigenvalue weighted by Gasteiger charge is -2.15. The fourth-order valence-corrected chi connectivity index (χ4v) is 3.04. The van der Waals surface area contributed by atoms with Crippen LogP contribution in [-0.2, 0) is 11.2 Å². The van der Waals surface area contributed by atoms with Crippen LogP contribution in [0.4, 0.5) is 10.1 Å². The van der Waals surface area contributed by atoms with Gasteiger partial charge in [-0.25, -0.2) is 9.37 Å². The Hall–Kier alpha value is -4.41. The van der Waals surface area contributed by atoms with Gasteiger partial charge in [-0.3, -0.25) is 14.7 Å². The molecule has 2 aromatic carbocycles. The summed E-state index contributed by atoms with van der Waals surface area (Å²) in [5.74, 6) is 0.0844. The average molecular weight is 449 g/mol. The van der Waals surface area contributed by atoms with Crippen LogP contribution in [0.1, 0.15) is 41.2 Å². The molecular weight excluding hydrogens is 429 g/mol. The number of H-pyrrole nitrogens is 1. The van der Waals surface area contributed by atoms with E-state index in [1.807, 2.05) is 19.1 Å². The van der Waals surface area contributed by atoms with Crippen LogP contribution >= 0.6 is 0 Å². The van der Waals surface area contributed by atoms with Crippen molar-refractivity contribution in [3.8, 4) is 11.6 Å². The molecule has 3 N–H and O–H groups in total. The zero-order valence-corrected chi connectivity index (χ0v) is 17.6. The lowest BCUT2D eigenvalue weighted by atomic mass is 10.1. The highest BCUT2D eigenvalue weighted by Crippen LogP contribution is 2.17. The fraction of sp³-hybridized carbons (Fsp3) is 0.182. The first-order valence-electron chi connectivity index (χ1n) is 10.1. The summed E-state index contributed by atoms with van der Waals surface area (Å²) in [7, 11) is 0. The van der Waals surface area contributed by atoms with Gasteiger partial charge in [-0.1, -0.05) is 17.3 Å². The molecule has 0 aliphatic carbocycles. The van der Waals surface area contributed by atoms with Gasteiger partial charge in [0.25, 0.3) is 5.91 Å². The lowest BCUT2D eigenvalue weighted by Crippen LogP contribution is -2.26. The Kier molecular flexibility index (Phi) is 6.48. The number of nitrogens with one attached hydrogen (secondary N) is 3. The van der Waals surface area contributed by atoms with E-state index in [1.165, 1.54) is 30.6 Å². The summed E-state index contributed by atoms with van der Waals surface area (Å²) >= 11 is 0. The Balaban J connectivity index is 1.26. The number of aromatic amines is 1. The molecule has 33 heavy (non-hydrogen) atoms. The number of carbonyl (C=O) groups excluding carboxylic acids is 2. The van der Waals surface area contributed by atoms with Gasteiger partial charge in [0.2, 0.25) is 17.6 Å². The monoisotopic (exact) mass is 449 g/mol. The molecule has 0 aliphatic rings. The van der Waals surface area contributed by atoms with E-state index in [-0.39, 0.29) is 36.5 Å². The molecule has 0 bridgehead atoms. The maximum absolute atomic E-state index is 13.0. The number of hydrogen-bond acceptors (Lipinski definition) is 7. The summed E-state index contributed by atoms with van der Waals surface area (Å²) in [6.07, 6.45) is 1.80. The number of hydrogen-bond donors (Lipinski definition) is 3. The lowest BCUT2D eigenvalue weighted by molar-refractivity contribution is -0.121. The van der Waals surface area contributed by atoms with Crippen molar-refractivity contribution in [2.75, 3.05) is 5.32 Å². The van der Waals surface area contributed by atoms with Gasteiger partial charge in [0, 0.05) is 24.1 Å². The van der Waals surface area contributed by atoms with Crippen molar-refractivity contribution in [3.05, 3.63) is 77.7 Å². The second-order valence-corrected chi connectivity index (χ2v) is 7.22. The number of carbonyl (C=O) groups is 2. The van der Waals surface area contributed by atoms with E-state index in [0.717, 1.165) is 5.56 Å². The SMILES string of the molecule is CC(NC(=O)CCc1nc(-c2ncn[nH]2)no1)c1ccc(NC(=O)c2ccc(F)cc2)cc1. The summed E-state index contributed by atoms with van der Waals surface area (Å²) in [5, 5.41) is 15.8. The van der Waals surface area contributed by atoms with Crippen LogP contribution < -0.4 is 10.6 Å². The first kappa shape index (κ1) is 21.8. The molecule has 0 radical (unpaired) electrons. The molecule has 1 unspecified atom stereocenters. The first-order chi connectivity index (χ1) is 16.0. The molecule has 0 saturated carbocycles. The number of rotatable bonds is 8. The minimum absolute atomic E-state index is 0.171. The van der Waals surface area contributed by atoms with Crippen molar-refractivity contribution in [1.29, 1.82) is 0 Å². The normalized spacial score (nSPS) is 11.7. The van der Waals surface area contributed by atoms with E-state index >= 15 is 0 Å². The maximum atomic E-state index is 13.0. The predicted octanol–water partition coefficient (Wildman–Crippen LogP) is 3.06. The van der Waals surface area contributed by atoms with Crippen molar-refractivity contribution in [1.82, 2.24) is 30.6 Å². The third kappa shape index (κ3) is 5.64. The number of amides is 2. The minimum Gasteiger partial charge on any atom is -0.350 e. The highest BCUT2D eigenvalue weighted by Gasteiger charge is 2.14. The van der Waals surface area contributed by atoms with Gasteiger partial charge >= 0.3 is 0 Å². The molecule has 0 saturated heterocycles. The Labute approximate surface area is 187 Å². The van der Waals surface area contributed by atoms with Gasteiger partial charge in [0.05, 0.1) is 6.04 Å². The van der Waals surface area contributed by atoms with Crippen molar-refractivity contribution in [3.63, 3.8) is 0 Å². The summed E-state index contributed by atoms with van der Waals surface area (Å²) < 4.78 is 18.1. The molecule has 168 valence electrons. The zero-order valence-electron chi connectivity index (χ0n) is 17.6. The highest BCUT2D eigenvalue weighted by atomic mass is 19.1. The van der Waals surface area contributed by atoms with Crippen LogP contribution in [0.3, 0.4) is 0 Å². The number of aromatic nitrogens is 5. The fourth-order valence-electron chi connectivity index (χ4n) is 3.04. The molecule has 0 aliphatic heterocycles. The molecule has 0 fully saturated rings. The molecule has 4 aromatic rings. The summed E-state index contributed by atoms with van der Waals surface area (Å²) in [6.45, 7) is 1.86. The molecular formula is C22H20FN7O3. The third-order valence-corrected chi connectivity index (χ3v) is 4.81. The second-order valence-electron chi connectivity index (χ2n) is 7.22. The second kappa shape index (κ2) is 9.81. The topological polar surface area (TPSA) is 139 Å². The number of benzene rings is 2. The van der Waals surface area contributed by atoms with Crippen LogP contribution in [0.15, 0.2) is 59.4 Å². The number of aryl methyl sites for hydroxylation is 1. The first-order valence-corrected chi connectivity index (χ1v) is 10.1. The highest BCUT2D eigenvalue weighted by molar-refractivity contribution is 6.04. The Bertz CT molecular complexity index is 1220. The zero-order chi connectivity index (χ0) is 23.2. The van der Waals surface area contributed by atoms with Crippen LogP contribution in [0.25, 0.3) is 11.6 Å². The molecule has 10 nitrogen and oxygen atoms in total. The van der Waals surface area contributed by atoms with Crippen molar-refractivity contribution in [2.45, 2.75) is 25.8 Å². The van der Waals surface area contributed by atoms with E-state index in [2.05, 4.69) is 36.0 Å². The Morgan fingerprint density at radius 2 is 1.88 bits per heavy atom. The summed E-state index contributed by atoms with van der Waals surface area (Å²) in [6, 6.07) is 12.2. The number of anilines is 1. The van der Waals surface area contributed by atoms with E-state index in [0.29, 0.717) is 23.0 Å². The summed E-state index contributed by atoms with van der Waals surface area (Å²) in [4.78, 5) is 32.7. The summed E-state index contributed by atoms with van der Waals surface area (Å²) in [5.41, 5.74) is 1.81. The molecule has 0 spiro atoms. The maximum Gasteiger partial charge on any atom is 0.255 e. The Morgan fingerprint density at radius 1 is 1.12 bits per heavy atom. The average Bonchev–Trinajstić information content (AvgIpc) is 3.51. The largest absolute Gasteiger partial charge is 0.350 e. The quantitative estimate of drug-likeness (QED) is 0.376. The standard InChI is InChI=1S/C22H20FN7O3/c1-13(26-18(31)10-11-19-28-21(30-33-19)20-24-12-25-29-20)14-4-8-17(9-5-14)27-22(32)15-2-6-16(23)7-3-15/h2-9,12-13H,10-11H2,1H3,(H,26,31)(H,27,32)(H,24,25,29). The van der Waals surface area contributed by atoms with Crippen LogP contribution in [-0.4, -0.2) is 37.1 Å². The van der Waals surface area contributed by atoms with Crippen LogP contribution in [0.5, 0.6) is 0 Å². The van der Waals surface area contributed by atoms with Gasteiger partial charge in [0.1, 0.15) is 12.1 Å². The minimum atomic E-state index is -0.403. The molecule has 1 atom stereocenters. The van der Waals surface area contributed by atoms with E-state index in [4.69, 9.17) is 4.52 Å².